The highest BCUT2D eigenvalue weighted by Gasteiger charge is 2.48. The summed E-state index contributed by atoms with van der Waals surface area (Å²) in [5.74, 6) is 1.75. The first-order valence-corrected chi connectivity index (χ1v) is 11.9. The maximum Gasteiger partial charge on any atom is 0.160 e. The van der Waals surface area contributed by atoms with E-state index < -0.39 is 0 Å². The predicted octanol–water partition coefficient (Wildman–Crippen LogP) is 4.20. The first-order chi connectivity index (χ1) is 14.8. The lowest BCUT2D eigenvalue weighted by atomic mass is 9.89. The molecule has 1 heterocycles. The number of methoxy groups -OCH3 is 4. The molecule has 1 N–H and O–H groups in total. The zero-order valence-electron chi connectivity index (χ0n) is 20.9. The van der Waals surface area contributed by atoms with Crippen LogP contribution < -0.4 is 0 Å². The summed E-state index contributed by atoms with van der Waals surface area (Å²) < 4.78 is 28.5. The van der Waals surface area contributed by atoms with Crippen molar-refractivity contribution in [1.29, 1.82) is 0 Å². The molecule has 1 saturated heterocycles. The van der Waals surface area contributed by atoms with Crippen molar-refractivity contribution in [3.63, 3.8) is 0 Å². The molecule has 0 aromatic rings. The molecule has 2 fully saturated rings. The average molecular weight is 443 g/mol. The van der Waals surface area contributed by atoms with E-state index in [-0.39, 0.29) is 36.6 Å². The Morgan fingerprint density at radius 2 is 1.77 bits per heavy atom. The minimum Gasteiger partial charge on any atom is -0.393 e. The van der Waals surface area contributed by atoms with E-state index in [1.54, 1.807) is 28.4 Å². The molecule has 182 valence electrons. The van der Waals surface area contributed by atoms with Crippen LogP contribution in [-0.2, 0) is 23.7 Å². The van der Waals surface area contributed by atoms with Crippen LogP contribution in [0.3, 0.4) is 0 Å². The van der Waals surface area contributed by atoms with Gasteiger partial charge >= 0.3 is 0 Å². The van der Waals surface area contributed by atoms with Crippen LogP contribution in [0.4, 0.5) is 0 Å². The van der Waals surface area contributed by atoms with Crippen molar-refractivity contribution in [1.82, 2.24) is 0 Å². The monoisotopic (exact) mass is 442 g/mol. The first kappa shape index (κ1) is 26.7. The van der Waals surface area contributed by atoms with Crippen LogP contribution in [0.15, 0.2) is 11.6 Å². The molecule has 1 aliphatic heterocycles. The number of ether oxygens (including phenoxy) is 5. The van der Waals surface area contributed by atoms with Crippen LogP contribution >= 0.6 is 0 Å². The SMILES string of the molecule is CC[C@H](OC)[C@@H](C)[C@@H]1C[C@H]1[C@H](O)[C@@H](C)CC/C=C(\C)[C@@H]1O[C@@H](OC)C[C@H](OC)[C@H]1OC. The minimum atomic E-state index is -0.293. The molecule has 2 rings (SSSR count). The lowest BCUT2D eigenvalue weighted by Gasteiger charge is -2.40. The zero-order chi connectivity index (χ0) is 23.1. The van der Waals surface area contributed by atoms with Gasteiger partial charge < -0.3 is 28.8 Å². The minimum absolute atomic E-state index is 0.0642. The number of rotatable bonds is 13. The standard InChI is InChI=1S/C25H46O6/c1-9-20(27-5)17(4)18-13-19(18)23(26)15(2)11-10-12-16(3)24-25(30-8)21(28-6)14-22(29-7)31-24/h12,15,17-26H,9-11,13-14H2,1-8H3/b16-12+/t15-,17-,18-,19+,20-,21-,22+,23+,24-,25+/m0/s1. The Bertz CT molecular complexity index is 548. The van der Waals surface area contributed by atoms with Crippen molar-refractivity contribution in [3.05, 3.63) is 11.6 Å². The third-order valence-corrected chi connectivity index (χ3v) is 7.64. The van der Waals surface area contributed by atoms with Gasteiger partial charge in [-0.2, -0.15) is 0 Å². The summed E-state index contributed by atoms with van der Waals surface area (Å²) in [4.78, 5) is 0. The first-order valence-electron chi connectivity index (χ1n) is 11.9. The number of aliphatic hydroxyl groups excluding tert-OH is 1. The van der Waals surface area contributed by atoms with Crippen LogP contribution in [0.1, 0.15) is 59.8 Å². The second-order valence-corrected chi connectivity index (χ2v) is 9.53. The highest BCUT2D eigenvalue weighted by Crippen LogP contribution is 2.50. The van der Waals surface area contributed by atoms with Crippen molar-refractivity contribution in [3.8, 4) is 0 Å². The Morgan fingerprint density at radius 3 is 2.32 bits per heavy atom. The van der Waals surface area contributed by atoms with Crippen molar-refractivity contribution in [2.45, 2.75) is 96.6 Å². The lowest BCUT2D eigenvalue weighted by molar-refractivity contribution is -0.241. The molecule has 6 nitrogen and oxygen atoms in total. The van der Waals surface area contributed by atoms with Gasteiger partial charge in [0.25, 0.3) is 0 Å². The van der Waals surface area contributed by atoms with Gasteiger partial charge in [-0.1, -0.05) is 26.8 Å². The molecule has 0 spiro atoms. The van der Waals surface area contributed by atoms with Gasteiger partial charge in [-0.05, 0) is 61.9 Å². The number of hydrogen-bond acceptors (Lipinski definition) is 6. The topological polar surface area (TPSA) is 66.4 Å². The molecule has 2 aliphatic rings. The fourth-order valence-electron chi connectivity index (χ4n) is 5.38. The van der Waals surface area contributed by atoms with Gasteiger partial charge in [-0.3, -0.25) is 0 Å². The van der Waals surface area contributed by atoms with Crippen LogP contribution in [-0.4, -0.2) is 70.4 Å². The molecule has 6 heteroatoms. The van der Waals surface area contributed by atoms with E-state index in [4.69, 9.17) is 23.7 Å². The highest BCUT2D eigenvalue weighted by molar-refractivity contribution is 5.11. The molecule has 1 saturated carbocycles. The maximum absolute atomic E-state index is 10.9. The Morgan fingerprint density at radius 1 is 1.06 bits per heavy atom. The van der Waals surface area contributed by atoms with E-state index in [0.29, 0.717) is 30.3 Å². The fraction of sp³-hybridized carbons (Fsp3) is 0.920. The van der Waals surface area contributed by atoms with Crippen molar-refractivity contribution in [2.24, 2.45) is 23.7 Å². The van der Waals surface area contributed by atoms with Gasteiger partial charge in [0.05, 0.1) is 18.3 Å². The van der Waals surface area contributed by atoms with Gasteiger partial charge in [0.2, 0.25) is 0 Å². The highest BCUT2D eigenvalue weighted by atomic mass is 16.7. The summed E-state index contributed by atoms with van der Waals surface area (Å²) in [5.41, 5.74) is 1.13. The summed E-state index contributed by atoms with van der Waals surface area (Å²) in [6, 6.07) is 0. The third kappa shape index (κ3) is 6.75. The molecule has 0 bridgehead atoms. The van der Waals surface area contributed by atoms with Gasteiger partial charge in [0, 0.05) is 34.9 Å². The second-order valence-electron chi connectivity index (χ2n) is 9.53. The quantitative estimate of drug-likeness (QED) is 0.431. The molecule has 10 atom stereocenters. The van der Waals surface area contributed by atoms with E-state index in [1.165, 1.54) is 0 Å². The Kier molecular flexibility index (Phi) is 10.9. The molecule has 0 aromatic carbocycles. The molecular formula is C25H46O6. The van der Waals surface area contributed by atoms with Gasteiger partial charge in [0.1, 0.15) is 12.2 Å². The van der Waals surface area contributed by atoms with Crippen LogP contribution in [0.25, 0.3) is 0 Å². The molecule has 0 amide bonds. The largest absolute Gasteiger partial charge is 0.393 e. The van der Waals surface area contributed by atoms with Crippen LogP contribution in [0, 0.1) is 23.7 Å². The van der Waals surface area contributed by atoms with E-state index >= 15 is 0 Å². The molecule has 31 heavy (non-hydrogen) atoms. The second kappa shape index (κ2) is 12.7. The van der Waals surface area contributed by atoms with Crippen molar-refractivity contribution < 1.29 is 28.8 Å². The predicted molar refractivity (Wildman–Crippen MR) is 122 cm³/mol. The average Bonchev–Trinajstić information content (AvgIpc) is 3.58. The van der Waals surface area contributed by atoms with Crippen LogP contribution in [0.5, 0.6) is 0 Å². The van der Waals surface area contributed by atoms with Gasteiger partial charge in [-0.25, -0.2) is 0 Å². The maximum atomic E-state index is 10.9. The van der Waals surface area contributed by atoms with E-state index in [0.717, 1.165) is 31.3 Å². The van der Waals surface area contributed by atoms with Gasteiger partial charge in [0.15, 0.2) is 6.29 Å². The Hall–Kier alpha value is -0.500. The molecule has 0 radical (unpaired) electrons. The molecule has 0 unspecified atom stereocenters. The number of allylic oxidation sites excluding steroid dienone is 1. The third-order valence-electron chi connectivity index (χ3n) is 7.64. The summed E-state index contributed by atoms with van der Waals surface area (Å²) in [6.45, 7) is 8.68. The fourth-order valence-corrected chi connectivity index (χ4v) is 5.38. The molecule has 0 aromatic heterocycles. The van der Waals surface area contributed by atoms with Crippen LogP contribution in [0.2, 0.25) is 0 Å². The molecular weight excluding hydrogens is 396 g/mol. The van der Waals surface area contributed by atoms with E-state index in [2.05, 4.69) is 33.8 Å². The van der Waals surface area contributed by atoms with Crippen molar-refractivity contribution >= 4 is 0 Å². The Balaban J connectivity index is 1.87. The summed E-state index contributed by atoms with van der Waals surface area (Å²) in [5, 5.41) is 10.9. The van der Waals surface area contributed by atoms with E-state index in [1.807, 2.05) is 0 Å². The summed E-state index contributed by atoms with van der Waals surface area (Å²) in [7, 11) is 6.86. The molecule has 1 aliphatic carbocycles. The Labute approximate surface area is 189 Å². The normalized spacial score (nSPS) is 35.5. The summed E-state index contributed by atoms with van der Waals surface area (Å²) in [6.07, 6.45) is 6.20. The number of aliphatic hydroxyl groups is 1. The summed E-state index contributed by atoms with van der Waals surface area (Å²) >= 11 is 0. The van der Waals surface area contributed by atoms with Gasteiger partial charge in [-0.15, -0.1) is 0 Å². The van der Waals surface area contributed by atoms with E-state index in [9.17, 15) is 5.11 Å². The zero-order valence-corrected chi connectivity index (χ0v) is 20.9. The lowest BCUT2D eigenvalue weighted by Crippen LogP contribution is -2.51. The smallest absolute Gasteiger partial charge is 0.160 e. The number of hydrogen-bond donors (Lipinski definition) is 1. The van der Waals surface area contributed by atoms with Crippen molar-refractivity contribution in [2.75, 3.05) is 28.4 Å².